The molecule has 1 N–H and O–H groups in total. The number of rotatable bonds is 5. The van der Waals surface area contributed by atoms with E-state index in [4.69, 9.17) is 5.11 Å². The number of nitrogens with zero attached hydrogens (tertiary/aromatic N) is 1. The molecule has 1 aliphatic rings. The molecule has 1 atom stereocenters. The fourth-order valence-electron chi connectivity index (χ4n) is 2.42. The Bertz CT molecular complexity index is 250. The van der Waals surface area contributed by atoms with Crippen molar-refractivity contribution in [3.63, 3.8) is 0 Å². The van der Waals surface area contributed by atoms with Gasteiger partial charge in [-0.2, -0.15) is 0 Å². The van der Waals surface area contributed by atoms with Crippen molar-refractivity contribution in [2.24, 2.45) is 5.92 Å². The van der Waals surface area contributed by atoms with Crippen molar-refractivity contribution in [2.75, 3.05) is 19.6 Å². The Hall–Kier alpha value is -0.830. The molecule has 0 saturated carbocycles. The van der Waals surface area contributed by atoms with Gasteiger partial charge in [0.2, 0.25) is 0 Å². The van der Waals surface area contributed by atoms with Crippen molar-refractivity contribution in [1.82, 2.24) is 4.90 Å². The first-order chi connectivity index (χ1) is 7.63. The first-order valence-electron chi connectivity index (χ1n) is 6.27. The Morgan fingerprint density at radius 3 is 2.81 bits per heavy atom. The molecule has 0 spiro atoms. The minimum Gasteiger partial charge on any atom is -0.478 e. The average molecular weight is 225 g/mol. The van der Waals surface area contributed by atoms with E-state index in [0.29, 0.717) is 12.1 Å². The third-order valence-corrected chi connectivity index (χ3v) is 3.35. The maximum absolute atomic E-state index is 10.7. The van der Waals surface area contributed by atoms with E-state index in [1.807, 2.05) is 0 Å². The molecule has 3 nitrogen and oxygen atoms in total. The van der Waals surface area contributed by atoms with Crippen molar-refractivity contribution in [2.45, 2.75) is 39.0 Å². The molecule has 0 radical (unpaired) electrons. The Labute approximate surface area is 98.1 Å². The molecule has 0 aromatic rings. The van der Waals surface area contributed by atoms with Gasteiger partial charge in [0.15, 0.2) is 0 Å². The second-order valence-electron chi connectivity index (χ2n) is 4.77. The van der Waals surface area contributed by atoms with Crippen LogP contribution in [0.5, 0.6) is 0 Å². The van der Waals surface area contributed by atoms with Crippen LogP contribution in [0, 0.1) is 5.92 Å². The number of carboxylic acids is 1. The Balaban J connectivity index is 2.35. The zero-order chi connectivity index (χ0) is 12.0. The van der Waals surface area contributed by atoms with Crippen LogP contribution < -0.4 is 0 Å². The fourth-order valence-corrected chi connectivity index (χ4v) is 2.42. The van der Waals surface area contributed by atoms with Gasteiger partial charge in [-0.15, -0.1) is 0 Å². The molecule has 1 unspecified atom stereocenters. The van der Waals surface area contributed by atoms with Gasteiger partial charge in [0.1, 0.15) is 0 Å². The molecular weight excluding hydrogens is 202 g/mol. The van der Waals surface area contributed by atoms with E-state index in [0.717, 1.165) is 19.0 Å². The summed E-state index contributed by atoms with van der Waals surface area (Å²) in [6.07, 6.45) is 6.27. The van der Waals surface area contributed by atoms with Crippen molar-refractivity contribution < 1.29 is 9.90 Å². The minimum absolute atomic E-state index is 0.314. The summed E-state index contributed by atoms with van der Waals surface area (Å²) < 4.78 is 0. The lowest BCUT2D eigenvalue weighted by atomic mass is 9.96. The van der Waals surface area contributed by atoms with Crippen LogP contribution in [0.2, 0.25) is 0 Å². The lowest BCUT2D eigenvalue weighted by Crippen LogP contribution is -2.28. The van der Waals surface area contributed by atoms with Gasteiger partial charge in [0.05, 0.1) is 0 Å². The molecular formula is C13H23NO2. The maximum atomic E-state index is 10.7. The third-order valence-electron chi connectivity index (χ3n) is 3.35. The number of hydrogen-bond acceptors (Lipinski definition) is 2. The second kappa shape index (κ2) is 6.69. The average Bonchev–Trinajstić information content (AvgIpc) is 2.44. The van der Waals surface area contributed by atoms with Gasteiger partial charge in [0.25, 0.3) is 0 Å². The summed E-state index contributed by atoms with van der Waals surface area (Å²) in [4.78, 5) is 12.9. The van der Waals surface area contributed by atoms with Gasteiger partial charge >= 0.3 is 5.97 Å². The molecule has 1 saturated heterocycles. The van der Waals surface area contributed by atoms with E-state index in [1.54, 1.807) is 0 Å². The molecule has 16 heavy (non-hydrogen) atoms. The lowest BCUT2D eigenvalue weighted by Gasteiger charge is -2.19. The molecule has 1 heterocycles. The Kier molecular flexibility index (Phi) is 5.53. The number of aliphatic carboxylic acids is 1. The van der Waals surface area contributed by atoms with Gasteiger partial charge in [-0.25, -0.2) is 4.79 Å². The van der Waals surface area contributed by atoms with Crippen molar-refractivity contribution in [1.29, 1.82) is 0 Å². The first-order valence-corrected chi connectivity index (χ1v) is 6.27. The standard InChI is InChI=1S/C13H23NO2/c1-3-5-12-6-4-8-14(9-7-12)10-11(2)13(15)16/h12H,2-10H2,1H3,(H,15,16). The summed E-state index contributed by atoms with van der Waals surface area (Å²) in [5.41, 5.74) is 0.314. The minimum atomic E-state index is -0.866. The van der Waals surface area contributed by atoms with Crippen LogP contribution in [-0.4, -0.2) is 35.6 Å². The Morgan fingerprint density at radius 2 is 2.19 bits per heavy atom. The summed E-state index contributed by atoms with van der Waals surface area (Å²) in [6, 6.07) is 0. The highest BCUT2D eigenvalue weighted by Gasteiger charge is 2.18. The van der Waals surface area contributed by atoms with Crippen LogP contribution >= 0.6 is 0 Å². The summed E-state index contributed by atoms with van der Waals surface area (Å²) in [5, 5.41) is 8.79. The highest BCUT2D eigenvalue weighted by molar-refractivity contribution is 5.86. The van der Waals surface area contributed by atoms with E-state index in [2.05, 4.69) is 18.4 Å². The largest absolute Gasteiger partial charge is 0.478 e. The van der Waals surface area contributed by atoms with E-state index in [9.17, 15) is 4.79 Å². The van der Waals surface area contributed by atoms with Gasteiger partial charge < -0.3 is 5.11 Å². The smallest absolute Gasteiger partial charge is 0.332 e. The third kappa shape index (κ3) is 4.35. The molecule has 0 amide bonds. The quantitative estimate of drug-likeness (QED) is 0.731. The summed E-state index contributed by atoms with van der Waals surface area (Å²) in [7, 11) is 0. The van der Waals surface area contributed by atoms with Gasteiger partial charge in [-0.3, -0.25) is 4.90 Å². The summed E-state index contributed by atoms with van der Waals surface area (Å²) in [5.74, 6) is -0.0255. The van der Waals surface area contributed by atoms with Gasteiger partial charge in [0, 0.05) is 12.1 Å². The molecule has 0 bridgehead atoms. The van der Waals surface area contributed by atoms with Crippen molar-refractivity contribution in [3.8, 4) is 0 Å². The second-order valence-corrected chi connectivity index (χ2v) is 4.77. The van der Waals surface area contributed by atoms with Crippen LogP contribution in [0.25, 0.3) is 0 Å². The van der Waals surface area contributed by atoms with E-state index >= 15 is 0 Å². The molecule has 0 aliphatic carbocycles. The number of carbonyl (C=O) groups is 1. The topological polar surface area (TPSA) is 40.5 Å². The monoisotopic (exact) mass is 225 g/mol. The zero-order valence-electron chi connectivity index (χ0n) is 10.2. The number of carboxylic acid groups (broad SMARTS) is 1. The molecule has 1 aliphatic heterocycles. The van der Waals surface area contributed by atoms with Crippen LogP contribution in [0.15, 0.2) is 12.2 Å². The van der Waals surface area contributed by atoms with Crippen molar-refractivity contribution in [3.05, 3.63) is 12.2 Å². The normalized spacial score (nSPS) is 22.7. The molecule has 1 rings (SSSR count). The Morgan fingerprint density at radius 1 is 1.44 bits per heavy atom. The highest BCUT2D eigenvalue weighted by atomic mass is 16.4. The summed E-state index contributed by atoms with van der Waals surface area (Å²) >= 11 is 0. The predicted molar refractivity (Wildman–Crippen MR) is 65.5 cm³/mol. The number of hydrogen-bond donors (Lipinski definition) is 1. The molecule has 1 fully saturated rings. The SMILES string of the molecule is C=C(CN1CCCC(CCC)CC1)C(=O)O. The predicted octanol–water partition coefficient (Wildman–Crippen LogP) is 2.53. The highest BCUT2D eigenvalue weighted by Crippen LogP contribution is 2.22. The van der Waals surface area contributed by atoms with Crippen molar-refractivity contribution >= 4 is 5.97 Å². The molecule has 3 heteroatoms. The van der Waals surface area contributed by atoms with Gasteiger partial charge in [-0.1, -0.05) is 26.3 Å². The van der Waals surface area contributed by atoms with E-state index in [-0.39, 0.29) is 0 Å². The molecule has 0 aromatic carbocycles. The van der Waals surface area contributed by atoms with E-state index in [1.165, 1.54) is 32.1 Å². The van der Waals surface area contributed by atoms with Gasteiger partial charge in [-0.05, 0) is 38.3 Å². The molecule has 0 aromatic heterocycles. The van der Waals surface area contributed by atoms with Crippen LogP contribution in [0.4, 0.5) is 0 Å². The summed E-state index contributed by atoms with van der Waals surface area (Å²) in [6.45, 7) is 8.39. The first kappa shape index (κ1) is 13.2. The van der Waals surface area contributed by atoms with Crippen LogP contribution in [0.1, 0.15) is 39.0 Å². The lowest BCUT2D eigenvalue weighted by molar-refractivity contribution is -0.132. The van der Waals surface area contributed by atoms with Crippen LogP contribution in [-0.2, 0) is 4.79 Å². The molecule has 92 valence electrons. The number of likely N-dealkylation sites (tertiary alicyclic amines) is 1. The van der Waals surface area contributed by atoms with Crippen LogP contribution in [0.3, 0.4) is 0 Å². The fraction of sp³-hybridized carbons (Fsp3) is 0.769. The zero-order valence-corrected chi connectivity index (χ0v) is 10.2. The maximum Gasteiger partial charge on any atom is 0.332 e. The van der Waals surface area contributed by atoms with E-state index < -0.39 is 5.97 Å².